The van der Waals surface area contributed by atoms with Gasteiger partial charge in [0.1, 0.15) is 0 Å². The highest BCUT2D eigenvalue weighted by Gasteiger charge is 2.05. The molecule has 12 heavy (non-hydrogen) atoms. The standard InChI is InChI=1S/C7H8N2O2S/c1-5(6(10)11)12-7-8-3-2-4-9-7/h2-5H,1H3,(H,10,11)/p-1/t5-/m1/s1. The van der Waals surface area contributed by atoms with Gasteiger partial charge in [0.15, 0.2) is 5.16 Å². The molecule has 4 nitrogen and oxygen atoms in total. The van der Waals surface area contributed by atoms with Crippen LogP contribution in [-0.2, 0) is 4.79 Å². The molecule has 1 heterocycles. The topological polar surface area (TPSA) is 65.9 Å². The number of aromatic nitrogens is 2. The molecule has 1 rings (SSSR count). The zero-order valence-corrected chi connectivity index (χ0v) is 7.25. The summed E-state index contributed by atoms with van der Waals surface area (Å²) in [5, 5.41) is 10.2. The number of hydrogen-bond acceptors (Lipinski definition) is 5. The van der Waals surface area contributed by atoms with E-state index in [4.69, 9.17) is 0 Å². The van der Waals surface area contributed by atoms with Crippen LogP contribution in [0.1, 0.15) is 6.92 Å². The zero-order valence-electron chi connectivity index (χ0n) is 6.43. The minimum atomic E-state index is -1.10. The van der Waals surface area contributed by atoms with Crippen molar-refractivity contribution in [3.8, 4) is 0 Å². The first-order chi connectivity index (χ1) is 5.70. The molecule has 1 aromatic heterocycles. The first kappa shape index (κ1) is 8.99. The number of rotatable bonds is 3. The van der Waals surface area contributed by atoms with Crippen molar-refractivity contribution >= 4 is 17.7 Å². The van der Waals surface area contributed by atoms with E-state index in [9.17, 15) is 9.90 Å². The quantitative estimate of drug-likeness (QED) is 0.475. The lowest BCUT2D eigenvalue weighted by molar-refractivity contribution is -0.304. The molecule has 0 aliphatic heterocycles. The number of carboxylic acid groups (broad SMARTS) is 1. The lowest BCUT2D eigenvalue weighted by Crippen LogP contribution is -2.31. The van der Waals surface area contributed by atoms with Crippen LogP contribution < -0.4 is 5.11 Å². The number of nitrogens with zero attached hydrogens (tertiary/aromatic N) is 2. The van der Waals surface area contributed by atoms with E-state index in [-0.39, 0.29) is 0 Å². The zero-order chi connectivity index (χ0) is 8.97. The Labute approximate surface area is 74.0 Å². The Hall–Kier alpha value is -1.10. The Bertz CT molecular complexity index is 265. The monoisotopic (exact) mass is 183 g/mol. The third-order valence-corrected chi connectivity index (χ3v) is 2.12. The summed E-state index contributed by atoms with van der Waals surface area (Å²) in [7, 11) is 0. The molecule has 0 bridgehead atoms. The number of carboxylic acids is 1. The molecule has 0 spiro atoms. The second-order valence-electron chi connectivity index (χ2n) is 2.11. The van der Waals surface area contributed by atoms with E-state index in [1.165, 1.54) is 6.92 Å². The molecule has 0 fully saturated rings. The maximum atomic E-state index is 10.3. The van der Waals surface area contributed by atoms with E-state index < -0.39 is 11.2 Å². The van der Waals surface area contributed by atoms with Crippen molar-refractivity contribution in [2.24, 2.45) is 0 Å². The molecule has 0 saturated carbocycles. The number of thioether (sulfide) groups is 1. The predicted molar refractivity (Wildman–Crippen MR) is 42.4 cm³/mol. The van der Waals surface area contributed by atoms with Crippen molar-refractivity contribution in [2.75, 3.05) is 0 Å². The molecule has 0 N–H and O–H groups in total. The van der Waals surface area contributed by atoms with E-state index in [2.05, 4.69) is 9.97 Å². The van der Waals surface area contributed by atoms with Gasteiger partial charge in [-0.3, -0.25) is 0 Å². The number of carbonyl (C=O) groups is 1. The predicted octanol–water partition coefficient (Wildman–Crippen LogP) is -0.293. The third-order valence-electron chi connectivity index (χ3n) is 1.16. The lowest BCUT2D eigenvalue weighted by Gasteiger charge is -2.09. The van der Waals surface area contributed by atoms with Crippen molar-refractivity contribution in [3.05, 3.63) is 18.5 Å². The summed E-state index contributed by atoms with van der Waals surface area (Å²) in [6.45, 7) is 1.54. The molecule has 0 aliphatic carbocycles. The third kappa shape index (κ3) is 2.50. The van der Waals surface area contributed by atoms with Gasteiger partial charge < -0.3 is 9.90 Å². The van der Waals surface area contributed by atoms with Crippen molar-refractivity contribution in [3.63, 3.8) is 0 Å². The second kappa shape index (κ2) is 4.06. The van der Waals surface area contributed by atoms with Gasteiger partial charge in [-0.15, -0.1) is 0 Å². The summed E-state index contributed by atoms with van der Waals surface area (Å²) >= 11 is 1.07. The number of hydrogen-bond donors (Lipinski definition) is 0. The van der Waals surface area contributed by atoms with Gasteiger partial charge in [-0.05, 0) is 13.0 Å². The summed E-state index contributed by atoms with van der Waals surface area (Å²) in [4.78, 5) is 18.0. The second-order valence-corrected chi connectivity index (χ2v) is 3.42. The van der Waals surface area contributed by atoms with Crippen LogP contribution in [0.3, 0.4) is 0 Å². The Morgan fingerprint density at radius 2 is 2.17 bits per heavy atom. The first-order valence-electron chi connectivity index (χ1n) is 3.34. The van der Waals surface area contributed by atoms with Gasteiger partial charge in [0.2, 0.25) is 0 Å². The van der Waals surface area contributed by atoms with Gasteiger partial charge in [0, 0.05) is 17.6 Å². The first-order valence-corrected chi connectivity index (χ1v) is 4.22. The van der Waals surface area contributed by atoms with Crippen molar-refractivity contribution in [1.82, 2.24) is 9.97 Å². The summed E-state index contributed by atoms with van der Waals surface area (Å²) < 4.78 is 0. The summed E-state index contributed by atoms with van der Waals surface area (Å²) in [5.74, 6) is -1.10. The fourth-order valence-electron chi connectivity index (χ4n) is 0.552. The minimum Gasteiger partial charge on any atom is -0.549 e. The maximum Gasteiger partial charge on any atom is 0.188 e. The van der Waals surface area contributed by atoms with E-state index in [0.29, 0.717) is 5.16 Å². The number of aliphatic carboxylic acids is 1. The molecule has 0 unspecified atom stereocenters. The summed E-state index contributed by atoms with van der Waals surface area (Å²) in [6, 6.07) is 1.67. The Kier molecular flexibility index (Phi) is 3.04. The summed E-state index contributed by atoms with van der Waals surface area (Å²) in [6.07, 6.45) is 3.13. The van der Waals surface area contributed by atoms with Crippen LogP contribution in [-0.4, -0.2) is 21.2 Å². The smallest absolute Gasteiger partial charge is 0.188 e. The van der Waals surface area contributed by atoms with Crippen molar-refractivity contribution in [1.29, 1.82) is 0 Å². The summed E-state index contributed by atoms with van der Waals surface area (Å²) in [5.41, 5.74) is 0. The molecule has 0 aliphatic rings. The molecule has 0 amide bonds. The molecule has 5 heteroatoms. The van der Waals surface area contributed by atoms with Crippen LogP contribution in [0.4, 0.5) is 0 Å². The van der Waals surface area contributed by atoms with Crippen LogP contribution in [0.2, 0.25) is 0 Å². The number of carbonyl (C=O) groups excluding carboxylic acids is 1. The molecule has 0 saturated heterocycles. The fraction of sp³-hybridized carbons (Fsp3) is 0.286. The van der Waals surface area contributed by atoms with Crippen LogP contribution in [0.25, 0.3) is 0 Å². The molecule has 0 radical (unpaired) electrons. The molecule has 0 aromatic carbocycles. The highest BCUT2D eigenvalue weighted by atomic mass is 32.2. The van der Waals surface area contributed by atoms with E-state index in [1.54, 1.807) is 18.5 Å². The minimum absolute atomic E-state index is 0.453. The van der Waals surface area contributed by atoms with Gasteiger partial charge in [-0.1, -0.05) is 11.8 Å². The van der Waals surface area contributed by atoms with Crippen LogP contribution in [0, 0.1) is 0 Å². The Balaban J connectivity index is 2.58. The van der Waals surface area contributed by atoms with E-state index in [1.807, 2.05) is 0 Å². The fourth-order valence-corrected chi connectivity index (χ4v) is 1.21. The largest absolute Gasteiger partial charge is 0.549 e. The molecule has 64 valence electrons. The SMILES string of the molecule is C[C@@H](Sc1ncccn1)C(=O)[O-]. The molecule has 1 aromatic rings. The average Bonchev–Trinajstić information content (AvgIpc) is 2.06. The van der Waals surface area contributed by atoms with Gasteiger partial charge in [-0.2, -0.15) is 0 Å². The highest BCUT2D eigenvalue weighted by molar-refractivity contribution is 8.00. The highest BCUT2D eigenvalue weighted by Crippen LogP contribution is 2.16. The van der Waals surface area contributed by atoms with Crippen molar-refractivity contribution in [2.45, 2.75) is 17.3 Å². The van der Waals surface area contributed by atoms with Crippen molar-refractivity contribution < 1.29 is 9.90 Å². The average molecular weight is 183 g/mol. The Morgan fingerprint density at radius 3 is 2.67 bits per heavy atom. The normalized spacial score (nSPS) is 12.4. The van der Waals surface area contributed by atoms with Crippen LogP contribution in [0.15, 0.2) is 23.6 Å². The van der Waals surface area contributed by atoms with Gasteiger partial charge in [0.05, 0.1) is 5.97 Å². The van der Waals surface area contributed by atoms with Gasteiger partial charge in [-0.25, -0.2) is 9.97 Å². The Morgan fingerprint density at radius 1 is 1.58 bits per heavy atom. The molecule has 1 atom stereocenters. The lowest BCUT2D eigenvalue weighted by atomic mass is 10.5. The molecular weight excluding hydrogens is 176 g/mol. The molecular formula is C7H7N2O2S-. The van der Waals surface area contributed by atoms with Crippen LogP contribution in [0.5, 0.6) is 0 Å². The van der Waals surface area contributed by atoms with E-state index in [0.717, 1.165) is 11.8 Å². The van der Waals surface area contributed by atoms with Crippen LogP contribution >= 0.6 is 11.8 Å². The maximum absolute atomic E-state index is 10.3. The van der Waals surface area contributed by atoms with E-state index >= 15 is 0 Å². The van der Waals surface area contributed by atoms with Gasteiger partial charge >= 0.3 is 0 Å². The van der Waals surface area contributed by atoms with Gasteiger partial charge in [0.25, 0.3) is 0 Å².